The van der Waals surface area contributed by atoms with Gasteiger partial charge in [0.25, 0.3) is 5.91 Å². The quantitative estimate of drug-likeness (QED) is 0.815. The van der Waals surface area contributed by atoms with E-state index in [1.165, 1.54) is 4.90 Å². The number of likely N-dealkylation sites (tertiary alicyclic amines) is 1. The summed E-state index contributed by atoms with van der Waals surface area (Å²) in [5.74, 6) is -1.22. The van der Waals surface area contributed by atoms with Gasteiger partial charge in [-0.05, 0) is 53.4 Å². The van der Waals surface area contributed by atoms with Crippen molar-refractivity contribution in [1.29, 1.82) is 0 Å². The molecule has 5 nitrogen and oxygen atoms in total. The molecular formula is C13H15BrN2O3. The van der Waals surface area contributed by atoms with Crippen molar-refractivity contribution in [2.45, 2.75) is 25.3 Å². The van der Waals surface area contributed by atoms with Gasteiger partial charge in [-0.15, -0.1) is 0 Å². The number of carbonyl (C=O) groups is 2. The number of nitrogens with zero attached hydrogens (tertiary/aromatic N) is 1. The van der Waals surface area contributed by atoms with Crippen LogP contribution in [0.4, 0.5) is 5.69 Å². The fourth-order valence-electron chi connectivity index (χ4n) is 2.27. The molecule has 1 aliphatic rings. The zero-order valence-electron chi connectivity index (χ0n) is 10.3. The molecule has 1 fully saturated rings. The molecule has 102 valence electrons. The van der Waals surface area contributed by atoms with Crippen LogP contribution < -0.4 is 5.73 Å². The van der Waals surface area contributed by atoms with E-state index in [0.717, 1.165) is 17.3 Å². The first-order valence-electron chi connectivity index (χ1n) is 6.09. The summed E-state index contributed by atoms with van der Waals surface area (Å²) in [6.45, 7) is 0.478. The van der Waals surface area contributed by atoms with Gasteiger partial charge in [0.05, 0.1) is 0 Å². The van der Waals surface area contributed by atoms with Crippen molar-refractivity contribution in [1.82, 2.24) is 4.90 Å². The zero-order valence-corrected chi connectivity index (χ0v) is 11.9. The number of halogens is 1. The van der Waals surface area contributed by atoms with Crippen LogP contribution in [0.25, 0.3) is 0 Å². The van der Waals surface area contributed by atoms with Crippen LogP contribution in [-0.2, 0) is 4.79 Å². The Morgan fingerprint density at radius 1 is 1.37 bits per heavy atom. The van der Waals surface area contributed by atoms with E-state index in [-0.39, 0.29) is 5.91 Å². The largest absolute Gasteiger partial charge is 0.480 e. The summed E-state index contributed by atoms with van der Waals surface area (Å²) in [6, 6.07) is 4.18. The molecule has 19 heavy (non-hydrogen) atoms. The van der Waals surface area contributed by atoms with Gasteiger partial charge in [0.15, 0.2) is 0 Å². The van der Waals surface area contributed by atoms with E-state index in [0.29, 0.717) is 24.2 Å². The van der Waals surface area contributed by atoms with Gasteiger partial charge in [0.1, 0.15) is 6.04 Å². The SMILES string of the molecule is Nc1cc(C(=O)N2CCCCC2C(=O)O)ccc1Br. The molecule has 0 bridgehead atoms. The van der Waals surface area contributed by atoms with Crippen LogP contribution >= 0.6 is 15.9 Å². The first kappa shape index (κ1) is 13.9. The number of carboxylic acids is 1. The number of piperidine rings is 1. The normalized spacial score (nSPS) is 19.2. The number of carbonyl (C=O) groups excluding carboxylic acids is 1. The Labute approximate surface area is 119 Å². The van der Waals surface area contributed by atoms with Crippen molar-refractivity contribution in [3.63, 3.8) is 0 Å². The topological polar surface area (TPSA) is 83.6 Å². The number of nitrogen functional groups attached to an aromatic ring is 1. The molecular weight excluding hydrogens is 312 g/mol. The molecule has 1 saturated heterocycles. The highest BCUT2D eigenvalue weighted by molar-refractivity contribution is 9.10. The molecule has 3 N–H and O–H groups in total. The Morgan fingerprint density at radius 3 is 2.74 bits per heavy atom. The summed E-state index contributed by atoms with van der Waals surface area (Å²) in [6.07, 6.45) is 2.18. The third-order valence-electron chi connectivity index (χ3n) is 3.29. The van der Waals surface area contributed by atoms with E-state index in [4.69, 9.17) is 5.73 Å². The summed E-state index contributed by atoms with van der Waals surface area (Å²) < 4.78 is 0.720. The maximum atomic E-state index is 12.4. The van der Waals surface area contributed by atoms with E-state index in [9.17, 15) is 14.7 Å². The lowest BCUT2D eigenvalue weighted by molar-refractivity contribution is -0.143. The molecule has 0 aliphatic carbocycles. The number of rotatable bonds is 2. The lowest BCUT2D eigenvalue weighted by Crippen LogP contribution is -2.48. The molecule has 1 heterocycles. The second-order valence-corrected chi connectivity index (χ2v) is 5.44. The maximum absolute atomic E-state index is 12.4. The van der Waals surface area contributed by atoms with Gasteiger partial charge in [0, 0.05) is 22.3 Å². The summed E-state index contributed by atoms with van der Waals surface area (Å²) in [5, 5.41) is 9.18. The van der Waals surface area contributed by atoms with Crippen molar-refractivity contribution in [3.05, 3.63) is 28.2 Å². The molecule has 1 aromatic rings. The van der Waals surface area contributed by atoms with Crippen molar-refractivity contribution in [2.75, 3.05) is 12.3 Å². The molecule has 0 radical (unpaired) electrons. The van der Waals surface area contributed by atoms with Gasteiger partial charge >= 0.3 is 5.97 Å². The minimum absolute atomic E-state index is 0.272. The van der Waals surface area contributed by atoms with Gasteiger partial charge in [0.2, 0.25) is 0 Å². The summed E-state index contributed by atoms with van der Waals surface area (Å²) >= 11 is 3.27. The van der Waals surface area contributed by atoms with Crippen molar-refractivity contribution in [3.8, 4) is 0 Å². The highest BCUT2D eigenvalue weighted by Gasteiger charge is 2.32. The Kier molecular flexibility index (Phi) is 4.09. The molecule has 1 atom stereocenters. The molecule has 1 amide bonds. The highest BCUT2D eigenvalue weighted by atomic mass is 79.9. The van der Waals surface area contributed by atoms with Gasteiger partial charge in [-0.3, -0.25) is 4.79 Å². The van der Waals surface area contributed by atoms with Gasteiger partial charge < -0.3 is 15.7 Å². The number of benzene rings is 1. The van der Waals surface area contributed by atoms with Gasteiger partial charge in [-0.2, -0.15) is 0 Å². The zero-order chi connectivity index (χ0) is 14.0. The minimum Gasteiger partial charge on any atom is -0.480 e. The first-order chi connectivity index (χ1) is 9.00. The second-order valence-electron chi connectivity index (χ2n) is 4.58. The fraction of sp³-hybridized carbons (Fsp3) is 0.385. The average molecular weight is 327 g/mol. The number of hydrogen-bond donors (Lipinski definition) is 2. The Bertz CT molecular complexity index is 519. The molecule has 1 aromatic carbocycles. The predicted molar refractivity (Wildman–Crippen MR) is 74.9 cm³/mol. The predicted octanol–water partition coefficient (Wildman–Crippen LogP) is 2.11. The van der Waals surface area contributed by atoms with E-state index >= 15 is 0 Å². The first-order valence-corrected chi connectivity index (χ1v) is 6.89. The van der Waals surface area contributed by atoms with Crippen LogP contribution in [0.15, 0.2) is 22.7 Å². The minimum atomic E-state index is -0.946. The molecule has 0 spiro atoms. The monoisotopic (exact) mass is 326 g/mol. The third-order valence-corrected chi connectivity index (χ3v) is 4.01. The number of amides is 1. The second kappa shape index (κ2) is 5.61. The molecule has 0 aromatic heterocycles. The fourth-order valence-corrected chi connectivity index (χ4v) is 2.52. The molecule has 1 aliphatic heterocycles. The van der Waals surface area contributed by atoms with E-state index in [1.54, 1.807) is 18.2 Å². The van der Waals surface area contributed by atoms with Crippen molar-refractivity contribution in [2.24, 2.45) is 0 Å². The Hall–Kier alpha value is -1.56. The van der Waals surface area contributed by atoms with Crippen LogP contribution in [0, 0.1) is 0 Å². The summed E-state index contributed by atoms with van der Waals surface area (Å²) in [7, 11) is 0. The Balaban J connectivity index is 2.26. The summed E-state index contributed by atoms with van der Waals surface area (Å²) in [4.78, 5) is 25.0. The number of anilines is 1. The average Bonchev–Trinajstić information content (AvgIpc) is 2.41. The number of carboxylic acid groups (broad SMARTS) is 1. The summed E-state index contributed by atoms with van der Waals surface area (Å²) in [5.41, 5.74) is 6.64. The van der Waals surface area contributed by atoms with Crippen molar-refractivity contribution >= 4 is 33.5 Å². The van der Waals surface area contributed by atoms with Gasteiger partial charge in [-0.1, -0.05) is 0 Å². The molecule has 1 unspecified atom stereocenters. The number of nitrogens with two attached hydrogens (primary N) is 1. The maximum Gasteiger partial charge on any atom is 0.326 e. The highest BCUT2D eigenvalue weighted by Crippen LogP contribution is 2.24. The van der Waals surface area contributed by atoms with Crippen molar-refractivity contribution < 1.29 is 14.7 Å². The van der Waals surface area contributed by atoms with Gasteiger partial charge in [-0.25, -0.2) is 4.79 Å². The lowest BCUT2D eigenvalue weighted by atomic mass is 10.0. The lowest BCUT2D eigenvalue weighted by Gasteiger charge is -2.33. The Morgan fingerprint density at radius 2 is 2.11 bits per heavy atom. The molecule has 0 saturated carbocycles. The van der Waals surface area contributed by atoms with E-state index in [1.807, 2.05) is 0 Å². The van der Waals surface area contributed by atoms with Crippen LogP contribution in [0.5, 0.6) is 0 Å². The van der Waals surface area contributed by atoms with Crippen LogP contribution in [0.3, 0.4) is 0 Å². The standard InChI is InChI=1S/C13H15BrN2O3/c14-9-5-4-8(7-10(9)15)12(17)16-6-2-1-3-11(16)13(18)19/h4-5,7,11H,1-3,6,15H2,(H,18,19). The number of hydrogen-bond acceptors (Lipinski definition) is 3. The smallest absolute Gasteiger partial charge is 0.326 e. The molecule has 6 heteroatoms. The molecule has 2 rings (SSSR count). The van der Waals surface area contributed by atoms with Crippen LogP contribution in [0.1, 0.15) is 29.6 Å². The number of aliphatic carboxylic acids is 1. The third kappa shape index (κ3) is 2.89. The van der Waals surface area contributed by atoms with Crippen LogP contribution in [-0.4, -0.2) is 34.5 Å². The van der Waals surface area contributed by atoms with Crippen LogP contribution in [0.2, 0.25) is 0 Å². The van der Waals surface area contributed by atoms with E-state index in [2.05, 4.69) is 15.9 Å². The van der Waals surface area contributed by atoms with E-state index < -0.39 is 12.0 Å².